The van der Waals surface area contributed by atoms with Crippen molar-refractivity contribution >= 4 is 0 Å². The van der Waals surface area contributed by atoms with Gasteiger partial charge in [-0.1, -0.05) is 19.0 Å². The van der Waals surface area contributed by atoms with Crippen molar-refractivity contribution in [1.82, 2.24) is 15.0 Å². The Morgan fingerprint density at radius 1 is 1.47 bits per heavy atom. The highest BCUT2D eigenvalue weighted by molar-refractivity contribution is 4.91. The van der Waals surface area contributed by atoms with Gasteiger partial charge in [0.1, 0.15) is 0 Å². The van der Waals surface area contributed by atoms with Crippen molar-refractivity contribution in [2.75, 3.05) is 13.2 Å². The monoisotopic (exact) mass is 239 g/mol. The third kappa shape index (κ3) is 3.78. The molecule has 0 saturated heterocycles. The van der Waals surface area contributed by atoms with Gasteiger partial charge in [-0.3, -0.25) is 4.90 Å². The highest BCUT2D eigenvalue weighted by Gasteiger charge is 2.29. The molecular weight excluding hydrogens is 218 g/mol. The standard InChI is InChI=1S/C12H21N3O2/c1-9(2)7-12-13-11(14-17-12)8-15(5-6-16)10-3-4-10/h9-10,16H,3-8H2,1-2H3. The fourth-order valence-electron chi connectivity index (χ4n) is 1.93. The van der Waals surface area contributed by atoms with Crippen LogP contribution >= 0.6 is 0 Å². The molecule has 1 saturated carbocycles. The largest absolute Gasteiger partial charge is 0.395 e. The van der Waals surface area contributed by atoms with Crippen LogP contribution in [0.4, 0.5) is 0 Å². The smallest absolute Gasteiger partial charge is 0.226 e. The zero-order valence-electron chi connectivity index (χ0n) is 10.6. The van der Waals surface area contributed by atoms with Gasteiger partial charge < -0.3 is 9.63 Å². The zero-order valence-corrected chi connectivity index (χ0v) is 10.6. The summed E-state index contributed by atoms with van der Waals surface area (Å²) in [4.78, 5) is 6.61. The molecule has 0 atom stereocenters. The zero-order chi connectivity index (χ0) is 12.3. The summed E-state index contributed by atoms with van der Waals surface area (Å²) in [6.45, 7) is 5.83. The molecule has 0 aliphatic heterocycles. The highest BCUT2D eigenvalue weighted by Crippen LogP contribution is 2.27. The van der Waals surface area contributed by atoms with Gasteiger partial charge in [-0.25, -0.2) is 0 Å². The van der Waals surface area contributed by atoms with Gasteiger partial charge in [0.2, 0.25) is 5.89 Å². The highest BCUT2D eigenvalue weighted by atomic mass is 16.5. The van der Waals surface area contributed by atoms with E-state index in [1.807, 2.05) is 0 Å². The van der Waals surface area contributed by atoms with Crippen LogP contribution in [0.15, 0.2) is 4.52 Å². The molecule has 1 fully saturated rings. The van der Waals surface area contributed by atoms with E-state index < -0.39 is 0 Å². The third-order valence-corrected chi connectivity index (χ3v) is 2.89. The van der Waals surface area contributed by atoms with Gasteiger partial charge in [-0.05, 0) is 18.8 Å². The molecule has 5 nitrogen and oxygen atoms in total. The first-order valence-corrected chi connectivity index (χ1v) is 6.35. The Morgan fingerprint density at radius 2 is 2.24 bits per heavy atom. The summed E-state index contributed by atoms with van der Waals surface area (Å²) < 4.78 is 5.20. The Balaban J connectivity index is 1.90. The first-order chi connectivity index (χ1) is 8.19. The second kappa shape index (κ2) is 5.60. The minimum absolute atomic E-state index is 0.188. The first kappa shape index (κ1) is 12.5. The number of nitrogens with zero attached hydrogens (tertiary/aromatic N) is 3. The van der Waals surface area contributed by atoms with Crippen molar-refractivity contribution < 1.29 is 9.63 Å². The Hall–Kier alpha value is -0.940. The van der Waals surface area contributed by atoms with Crippen molar-refractivity contribution in [2.24, 2.45) is 5.92 Å². The van der Waals surface area contributed by atoms with Crippen LogP contribution in [0.1, 0.15) is 38.4 Å². The number of aliphatic hydroxyl groups excluding tert-OH is 1. The van der Waals surface area contributed by atoms with E-state index in [2.05, 4.69) is 28.9 Å². The second-order valence-corrected chi connectivity index (χ2v) is 5.13. The van der Waals surface area contributed by atoms with Crippen molar-refractivity contribution in [3.63, 3.8) is 0 Å². The molecule has 0 unspecified atom stereocenters. The van der Waals surface area contributed by atoms with Crippen molar-refractivity contribution in [3.8, 4) is 0 Å². The van der Waals surface area contributed by atoms with Crippen LogP contribution in [-0.2, 0) is 13.0 Å². The molecule has 0 amide bonds. The van der Waals surface area contributed by atoms with Gasteiger partial charge in [-0.15, -0.1) is 0 Å². The van der Waals surface area contributed by atoms with E-state index in [0.29, 0.717) is 25.0 Å². The van der Waals surface area contributed by atoms with Crippen LogP contribution < -0.4 is 0 Å². The lowest BCUT2D eigenvalue weighted by molar-refractivity contribution is 0.179. The summed E-state index contributed by atoms with van der Waals surface area (Å²) in [6, 6.07) is 0.606. The molecule has 0 aromatic carbocycles. The van der Waals surface area contributed by atoms with Crippen molar-refractivity contribution in [3.05, 3.63) is 11.7 Å². The topological polar surface area (TPSA) is 62.4 Å². The van der Waals surface area contributed by atoms with Gasteiger partial charge in [0.05, 0.1) is 13.2 Å². The van der Waals surface area contributed by atoms with E-state index >= 15 is 0 Å². The number of hydrogen-bond acceptors (Lipinski definition) is 5. The number of aromatic nitrogens is 2. The summed E-state index contributed by atoms with van der Waals surface area (Å²) in [5.74, 6) is 1.98. The minimum atomic E-state index is 0.188. The molecule has 1 aliphatic carbocycles. The molecule has 0 spiro atoms. The molecule has 1 heterocycles. The summed E-state index contributed by atoms with van der Waals surface area (Å²) in [6.07, 6.45) is 3.27. The van der Waals surface area contributed by atoms with E-state index in [0.717, 1.165) is 18.1 Å². The van der Waals surface area contributed by atoms with Gasteiger partial charge >= 0.3 is 0 Å². The molecule has 5 heteroatoms. The molecule has 2 rings (SSSR count). The summed E-state index contributed by atoms with van der Waals surface area (Å²) in [7, 11) is 0. The van der Waals surface area contributed by atoms with E-state index in [-0.39, 0.29) is 6.61 Å². The average Bonchev–Trinajstić information content (AvgIpc) is 3.01. The maximum Gasteiger partial charge on any atom is 0.226 e. The summed E-state index contributed by atoms with van der Waals surface area (Å²) in [5, 5.41) is 13.0. The normalized spacial score (nSPS) is 16.1. The molecule has 0 radical (unpaired) electrons. The molecule has 1 aliphatic rings. The lowest BCUT2D eigenvalue weighted by Gasteiger charge is -2.18. The summed E-state index contributed by atoms with van der Waals surface area (Å²) >= 11 is 0. The van der Waals surface area contributed by atoms with E-state index in [9.17, 15) is 0 Å². The maximum absolute atomic E-state index is 9.01. The van der Waals surface area contributed by atoms with Crippen LogP contribution in [0, 0.1) is 5.92 Å². The van der Waals surface area contributed by atoms with Gasteiger partial charge in [-0.2, -0.15) is 4.98 Å². The SMILES string of the molecule is CC(C)Cc1nc(CN(CCO)C2CC2)no1. The lowest BCUT2D eigenvalue weighted by Crippen LogP contribution is -2.29. The van der Waals surface area contributed by atoms with Crippen LogP contribution in [0.2, 0.25) is 0 Å². The van der Waals surface area contributed by atoms with E-state index in [4.69, 9.17) is 9.63 Å². The van der Waals surface area contributed by atoms with E-state index in [1.165, 1.54) is 12.8 Å². The third-order valence-electron chi connectivity index (χ3n) is 2.89. The molecule has 17 heavy (non-hydrogen) atoms. The first-order valence-electron chi connectivity index (χ1n) is 6.35. The molecular formula is C12H21N3O2. The van der Waals surface area contributed by atoms with Crippen molar-refractivity contribution in [1.29, 1.82) is 0 Å². The average molecular weight is 239 g/mol. The fraction of sp³-hybridized carbons (Fsp3) is 0.833. The Kier molecular flexibility index (Phi) is 4.12. The van der Waals surface area contributed by atoms with Crippen LogP contribution in [0.5, 0.6) is 0 Å². The number of rotatable bonds is 7. The predicted octanol–water partition coefficient (Wildman–Crippen LogP) is 1.22. The summed E-state index contributed by atoms with van der Waals surface area (Å²) in [5.41, 5.74) is 0. The lowest BCUT2D eigenvalue weighted by atomic mass is 10.1. The molecule has 0 bridgehead atoms. The van der Waals surface area contributed by atoms with Gasteiger partial charge in [0.25, 0.3) is 0 Å². The maximum atomic E-state index is 9.01. The molecule has 1 aromatic rings. The van der Waals surface area contributed by atoms with Crippen molar-refractivity contribution in [2.45, 2.75) is 45.7 Å². The molecule has 1 aromatic heterocycles. The van der Waals surface area contributed by atoms with Crippen LogP contribution in [0.3, 0.4) is 0 Å². The van der Waals surface area contributed by atoms with Gasteiger partial charge in [0.15, 0.2) is 5.82 Å². The minimum Gasteiger partial charge on any atom is -0.395 e. The number of hydrogen-bond donors (Lipinski definition) is 1. The fourth-order valence-corrected chi connectivity index (χ4v) is 1.93. The Labute approximate surface area is 102 Å². The van der Waals surface area contributed by atoms with E-state index in [1.54, 1.807) is 0 Å². The van der Waals surface area contributed by atoms with Crippen LogP contribution in [-0.4, -0.2) is 39.3 Å². The number of aliphatic hydroxyl groups is 1. The molecule has 1 N–H and O–H groups in total. The Morgan fingerprint density at radius 3 is 2.82 bits per heavy atom. The Bertz CT molecular complexity index is 347. The van der Waals surface area contributed by atoms with Gasteiger partial charge in [0, 0.05) is 19.0 Å². The quantitative estimate of drug-likeness (QED) is 0.775. The van der Waals surface area contributed by atoms with Crippen LogP contribution in [0.25, 0.3) is 0 Å². The molecule has 96 valence electrons. The predicted molar refractivity (Wildman–Crippen MR) is 63.4 cm³/mol. The second-order valence-electron chi connectivity index (χ2n) is 5.13.